The average Bonchev–Trinajstić information content (AvgIpc) is 3.29. The molecule has 0 aliphatic heterocycles. The first kappa shape index (κ1) is 26.2. The van der Waals surface area contributed by atoms with Gasteiger partial charge in [-0.1, -0.05) is 85.5 Å². The maximum absolute atomic E-state index is 14.0. The summed E-state index contributed by atoms with van der Waals surface area (Å²) in [6.45, 7) is 0.498. The second-order valence-corrected chi connectivity index (χ2v) is 10.3. The van der Waals surface area contributed by atoms with Crippen molar-refractivity contribution in [2.24, 2.45) is 5.73 Å². The summed E-state index contributed by atoms with van der Waals surface area (Å²) in [7, 11) is 3.19. The predicted molar refractivity (Wildman–Crippen MR) is 152 cm³/mol. The number of thiophene rings is 1. The summed E-state index contributed by atoms with van der Waals surface area (Å²) in [6.07, 6.45) is 5.57. The van der Waals surface area contributed by atoms with Crippen molar-refractivity contribution in [3.8, 4) is 16.9 Å². The number of amides is 1. The van der Waals surface area contributed by atoms with Crippen LogP contribution in [-0.2, 0) is 6.54 Å². The Hall–Kier alpha value is -2.86. The lowest BCUT2D eigenvalue weighted by atomic mass is 9.93. The van der Waals surface area contributed by atoms with Gasteiger partial charge in [0.25, 0.3) is 5.91 Å². The van der Waals surface area contributed by atoms with Gasteiger partial charge in [0, 0.05) is 28.2 Å². The van der Waals surface area contributed by atoms with Crippen molar-refractivity contribution in [1.82, 2.24) is 4.90 Å². The molecule has 1 fully saturated rings. The molecule has 1 amide bonds. The van der Waals surface area contributed by atoms with Crippen molar-refractivity contribution in [2.75, 3.05) is 14.2 Å². The standard InChI is InChI=1S/C29H28ClNO2S.CH5N/c1-33-25-17-16-21(20-10-4-2-5-11-20)18-22(25)19-31(23-12-6-3-7-13-23)29(32)28-27(30)24-14-8-9-15-26(24)34-28;1-2/h2,4-5,8-11,14-18,23H,3,6-7,12-13,19H2,1H3;2H2,1H3. The number of halogens is 1. The molecule has 1 aliphatic rings. The van der Waals surface area contributed by atoms with Crippen LogP contribution in [0.2, 0.25) is 5.02 Å². The van der Waals surface area contributed by atoms with Crippen LogP contribution in [-0.4, -0.2) is 31.0 Å². The van der Waals surface area contributed by atoms with Gasteiger partial charge < -0.3 is 15.4 Å². The van der Waals surface area contributed by atoms with Gasteiger partial charge >= 0.3 is 0 Å². The second-order valence-electron chi connectivity index (χ2n) is 8.86. The summed E-state index contributed by atoms with van der Waals surface area (Å²) >= 11 is 8.23. The Labute approximate surface area is 222 Å². The Morgan fingerprint density at radius 1 is 0.972 bits per heavy atom. The van der Waals surface area contributed by atoms with Crippen LogP contribution in [0.15, 0.2) is 72.8 Å². The summed E-state index contributed by atoms with van der Waals surface area (Å²) in [4.78, 5) is 16.7. The summed E-state index contributed by atoms with van der Waals surface area (Å²) in [5.74, 6) is 0.820. The second kappa shape index (κ2) is 12.4. The summed E-state index contributed by atoms with van der Waals surface area (Å²) in [6, 6.07) is 24.7. The highest BCUT2D eigenvalue weighted by molar-refractivity contribution is 7.21. The molecule has 1 aliphatic carbocycles. The Bertz CT molecular complexity index is 1300. The number of carbonyl (C=O) groups excluding carboxylic acids is 1. The number of nitrogens with zero attached hydrogens (tertiary/aromatic N) is 1. The summed E-state index contributed by atoms with van der Waals surface area (Å²) in [5, 5.41) is 1.51. The molecule has 1 aromatic heterocycles. The van der Waals surface area contributed by atoms with Crippen LogP contribution < -0.4 is 10.5 Å². The largest absolute Gasteiger partial charge is 0.496 e. The van der Waals surface area contributed by atoms with Gasteiger partial charge in [-0.05, 0) is 49.2 Å². The van der Waals surface area contributed by atoms with Gasteiger partial charge in [-0.15, -0.1) is 11.3 Å². The van der Waals surface area contributed by atoms with Crippen molar-refractivity contribution >= 4 is 38.9 Å². The maximum Gasteiger partial charge on any atom is 0.266 e. The van der Waals surface area contributed by atoms with Gasteiger partial charge in [-0.3, -0.25) is 4.79 Å². The summed E-state index contributed by atoms with van der Waals surface area (Å²) in [5.41, 5.74) is 7.78. The van der Waals surface area contributed by atoms with Crippen molar-refractivity contribution in [3.05, 3.63) is 88.3 Å². The zero-order chi connectivity index (χ0) is 25.5. The number of fused-ring (bicyclic) bond motifs is 1. The molecule has 0 bridgehead atoms. The van der Waals surface area contributed by atoms with Crippen LogP contribution in [0, 0.1) is 0 Å². The number of ether oxygens (including phenoxy) is 1. The van der Waals surface area contributed by atoms with Crippen molar-refractivity contribution in [3.63, 3.8) is 0 Å². The highest BCUT2D eigenvalue weighted by atomic mass is 35.5. The highest BCUT2D eigenvalue weighted by Crippen LogP contribution is 2.38. The quantitative estimate of drug-likeness (QED) is 0.282. The number of carbonyl (C=O) groups is 1. The molecule has 0 atom stereocenters. The fraction of sp³-hybridized carbons (Fsp3) is 0.300. The minimum atomic E-state index is 0.0188. The lowest BCUT2D eigenvalue weighted by Gasteiger charge is -2.34. The van der Waals surface area contributed by atoms with Crippen molar-refractivity contribution in [1.29, 1.82) is 0 Å². The van der Waals surface area contributed by atoms with Crippen LogP contribution in [0.4, 0.5) is 0 Å². The fourth-order valence-electron chi connectivity index (χ4n) is 4.94. The first-order chi connectivity index (χ1) is 17.7. The maximum atomic E-state index is 14.0. The van der Waals surface area contributed by atoms with Gasteiger partial charge in [0.05, 0.1) is 12.1 Å². The molecule has 1 heterocycles. The Balaban J connectivity index is 0.00000148. The Morgan fingerprint density at radius 2 is 1.67 bits per heavy atom. The summed E-state index contributed by atoms with van der Waals surface area (Å²) < 4.78 is 6.76. The van der Waals surface area contributed by atoms with Crippen molar-refractivity contribution < 1.29 is 9.53 Å². The monoisotopic (exact) mass is 520 g/mol. The van der Waals surface area contributed by atoms with Gasteiger partial charge in [0.2, 0.25) is 0 Å². The molecule has 6 heteroatoms. The first-order valence-corrected chi connectivity index (χ1v) is 13.6. The molecule has 5 rings (SSSR count). The van der Waals surface area contributed by atoms with E-state index in [9.17, 15) is 4.79 Å². The van der Waals surface area contributed by atoms with Crippen LogP contribution >= 0.6 is 22.9 Å². The van der Waals surface area contributed by atoms with Gasteiger partial charge in [-0.25, -0.2) is 0 Å². The molecule has 188 valence electrons. The molecule has 36 heavy (non-hydrogen) atoms. The Kier molecular flexibility index (Phi) is 9.03. The minimum absolute atomic E-state index is 0.0188. The van der Waals surface area contributed by atoms with E-state index in [1.807, 2.05) is 53.4 Å². The number of hydrogen-bond donors (Lipinski definition) is 1. The molecule has 2 N–H and O–H groups in total. The van der Waals surface area contributed by atoms with E-state index in [4.69, 9.17) is 16.3 Å². The third kappa shape index (κ3) is 5.59. The molecule has 0 spiro atoms. The first-order valence-electron chi connectivity index (χ1n) is 12.4. The number of hydrogen-bond acceptors (Lipinski definition) is 4. The number of nitrogens with two attached hydrogens (primary N) is 1. The van der Waals surface area contributed by atoms with E-state index in [1.54, 1.807) is 7.11 Å². The zero-order valence-electron chi connectivity index (χ0n) is 20.9. The minimum Gasteiger partial charge on any atom is -0.496 e. The lowest BCUT2D eigenvalue weighted by molar-refractivity contribution is 0.0618. The highest BCUT2D eigenvalue weighted by Gasteiger charge is 2.30. The molecule has 4 nitrogen and oxygen atoms in total. The number of benzene rings is 3. The smallest absolute Gasteiger partial charge is 0.266 e. The molecule has 4 aromatic rings. The molecular weight excluding hydrogens is 488 g/mol. The van der Waals surface area contributed by atoms with E-state index in [-0.39, 0.29) is 11.9 Å². The van der Waals surface area contributed by atoms with Crippen LogP contribution in [0.3, 0.4) is 0 Å². The van der Waals surface area contributed by atoms with Crippen LogP contribution in [0.1, 0.15) is 47.3 Å². The number of rotatable bonds is 6. The topological polar surface area (TPSA) is 55.6 Å². The van der Waals surface area contributed by atoms with E-state index >= 15 is 0 Å². The third-order valence-corrected chi connectivity index (χ3v) is 8.40. The van der Waals surface area contributed by atoms with Gasteiger partial charge in [0.1, 0.15) is 10.6 Å². The molecular formula is C30H33ClN2O2S. The number of methoxy groups -OCH3 is 1. The average molecular weight is 521 g/mol. The molecule has 3 aromatic carbocycles. The Morgan fingerprint density at radius 3 is 2.36 bits per heavy atom. The third-order valence-electron chi connectivity index (χ3n) is 6.73. The van der Waals surface area contributed by atoms with Crippen LogP contribution in [0.25, 0.3) is 21.2 Å². The lowest BCUT2D eigenvalue weighted by Crippen LogP contribution is -2.40. The molecule has 0 unspecified atom stereocenters. The van der Waals surface area contributed by atoms with E-state index in [1.165, 1.54) is 24.8 Å². The molecule has 1 saturated carbocycles. The normalized spacial score (nSPS) is 13.7. The molecule has 0 radical (unpaired) electrons. The SMILES string of the molecule is CN.COc1ccc(-c2ccccc2)cc1CN(C(=O)c1sc2ccccc2c1Cl)C1CCCCC1. The van der Waals surface area contributed by atoms with E-state index in [0.717, 1.165) is 58.2 Å². The van der Waals surface area contributed by atoms with Gasteiger partial charge in [0.15, 0.2) is 0 Å². The van der Waals surface area contributed by atoms with E-state index < -0.39 is 0 Å². The molecule has 0 saturated heterocycles. The van der Waals surface area contributed by atoms with Crippen LogP contribution in [0.5, 0.6) is 5.75 Å². The van der Waals surface area contributed by atoms with Crippen molar-refractivity contribution in [2.45, 2.75) is 44.7 Å². The predicted octanol–water partition coefficient (Wildman–Crippen LogP) is 7.78. The van der Waals surface area contributed by atoms with E-state index in [0.29, 0.717) is 16.4 Å². The fourth-order valence-corrected chi connectivity index (χ4v) is 6.41. The van der Waals surface area contributed by atoms with E-state index in [2.05, 4.69) is 30.0 Å². The zero-order valence-corrected chi connectivity index (χ0v) is 22.4. The van der Waals surface area contributed by atoms with Gasteiger partial charge in [-0.2, -0.15) is 0 Å².